The van der Waals surface area contributed by atoms with Crippen LogP contribution in [-0.4, -0.2) is 43.2 Å². The highest BCUT2D eigenvalue weighted by Crippen LogP contribution is 2.18. The smallest absolute Gasteiger partial charge is 0.250 e. The monoisotopic (exact) mass is 325 g/mol. The van der Waals surface area contributed by atoms with Gasteiger partial charge in [-0.25, -0.2) is 4.98 Å². The Kier molecular flexibility index (Phi) is 5.76. The molecule has 2 aromatic rings. The topological polar surface area (TPSA) is 76.4 Å². The molecular weight excluding hydrogens is 306 g/mol. The van der Waals surface area contributed by atoms with E-state index in [1.54, 1.807) is 0 Å². The molecule has 2 heterocycles. The van der Waals surface area contributed by atoms with Gasteiger partial charge in [-0.1, -0.05) is 12.1 Å². The Morgan fingerprint density at radius 2 is 2.36 bits per heavy atom. The summed E-state index contributed by atoms with van der Waals surface area (Å²) in [5, 5.41) is 5.99. The molecule has 1 amide bonds. The number of ether oxygens (including phenoxy) is 1. The molecule has 0 saturated carbocycles. The third-order valence-corrected chi connectivity index (χ3v) is 3.52. The van der Waals surface area contributed by atoms with Crippen LogP contribution in [0.5, 0.6) is 0 Å². The zero-order valence-corrected chi connectivity index (χ0v) is 13.2. The lowest BCUT2D eigenvalue weighted by atomic mass is 10.2. The Morgan fingerprint density at radius 3 is 3.09 bits per heavy atom. The van der Waals surface area contributed by atoms with E-state index >= 15 is 0 Å². The lowest BCUT2D eigenvalue weighted by molar-refractivity contribution is -0.134. The summed E-state index contributed by atoms with van der Waals surface area (Å²) in [4.78, 5) is 16.3. The molecule has 22 heavy (non-hydrogen) atoms. The summed E-state index contributed by atoms with van der Waals surface area (Å²) in [7, 11) is 0. The van der Waals surface area contributed by atoms with E-state index in [2.05, 4.69) is 15.6 Å². The second-order valence-electron chi connectivity index (χ2n) is 5.13. The van der Waals surface area contributed by atoms with Crippen LogP contribution < -0.4 is 10.6 Å². The molecule has 1 saturated heterocycles. The summed E-state index contributed by atoms with van der Waals surface area (Å²) >= 11 is 0. The second kappa shape index (κ2) is 7.58. The predicted molar refractivity (Wildman–Crippen MR) is 85.3 cm³/mol. The van der Waals surface area contributed by atoms with Gasteiger partial charge < -0.3 is 19.8 Å². The number of nitrogens with zero attached hydrogens (tertiary/aromatic N) is 1. The molecule has 2 N–H and O–H groups in total. The number of aryl methyl sites for hydroxylation is 1. The van der Waals surface area contributed by atoms with Crippen LogP contribution in [0.25, 0.3) is 11.1 Å². The minimum absolute atomic E-state index is 0. The molecule has 120 valence electrons. The van der Waals surface area contributed by atoms with Crippen LogP contribution in [0.1, 0.15) is 11.5 Å². The summed E-state index contributed by atoms with van der Waals surface area (Å²) in [6, 6.07) is 5.85. The zero-order chi connectivity index (χ0) is 14.7. The number of benzene rings is 1. The Hall–Kier alpha value is -1.63. The molecule has 3 rings (SSSR count). The van der Waals surface area contributed by atoms with Gasteiger partial charge in [0.1, 0.15) is 11.6 Å². The van der Waals surface area contributed by atoms with E-state index in [0.717, 1.165) is 23.2 Å². The third kappa shape index (κ3) is 3.76. The first-order valence-electron chi connectivity index (χ1n) is 7.19. The zero-order valence-electron chi connectivity index (χ0n) is 12.4. The molecule has 7 heteroatoms. The van der Waals surface area contributed by atoms with Crippen molar-refractivity contribution in [1.29, 1.82) is 0 Å². The van der Waals surface area contributed by atoms with Crippen molar-refractivity contribution in [2.75, 3.05) is 26.2 Å². The van der Waals surface area contributed by atoms with Crippen molar-refractivity contribution in [1.82, 2.24) is 15.6 Å². The first kappa shape index (κ1) is 16.7. The summed E-state index contributed by atoms with van der Waals surface area (Å²) in [6.07, 6.45) is 0.171. The van der Waals surface area contributed by atoms with Crippen LogP contribution in [0.2, 0.25) is 0 Å². The average Bonchev–Trinajstić information content (AvgIpc) is 2.92. The van der Waals surface area contributed by atoms with E-state index in [-0.39, 0.29) is 18.3 Å². The standard InChI is InChI=1S/C15H19N3O3.ClH/c1-10-3-2-4-11-14(10)18-13(21-11)5-6-17-15(19)12-9-16-7-8-20-12;/h2-4,12,16H,5-9H2,1H3,(H,17,19);1H/t12-;/m0./s1. The molecule has 1 atom stereocenters. The van der Waals surface area contributed by atoms with Gasteiger partial charge in [0.15, 0.2) is 11.5 Å². The molecule has 0 unspecified atom stereocenters. The SMILES string of the molecule is Cc1cccc2oc(CCNC(=O)[C@@H]3CNCCO3)nc12.Cl. The van der Waals surface area contributed by atoms with Gasteiger partial charge in [-0.3, -0.25) is 4.79 Å². The molecular formula is C15H20ClN3O3. The number of aromatic nitrogens is 1. The quantitative estimate of drug-likeness (QED) is 0.883. The fraction of sp³-hybridized carbons (Fsp3) is 0.467. The van der Waals surface area contributed by atoms with E-state index in [1.165, 1.54) is 0 Å². The fourth-order valence-electron chi connectivity index (χ4n) is 2.38. The van der Waals surface area contributed by atoms with E-state index in [4.69, 9.17) is 9.15 Å². The van der Waals surface area contributed by atoms with Crippen LogP contribution in [0.4, 0.5) is 0 Å². The third-order valence-electron chi connectivity index (χ3n) is 3.52. The number of halogens is 1. The molecule has 0 aliphatic carbocycles. The summed E-state index contributed by atoms with van der Waals surface area (Å²) in [5.41, 5.74) is 2.77. The maximum Gasteiger partial charge on any atom is 0.250 e. The first-order chi connectivity index (χ1) is 10.2. The number of morpholine rings is 1. The summed E-state index contributed by atoms with van der Waals surface area (Å²) in [6.45, 7) is 4.43. The highest BCUT2D eigenvalue weighted by atomic mass is 35.5. The molecule has 1 aliphatic rings. The number of carbonyl (C=O) groups excluding carboxylic acids is 1. The number of fused-ring (bicyclic) bond motifs is 1. The maximum absolute atomic E-state index is 11.9. The van der Waals surface area contributed by atoms with Crippen molar-refractivity contribution in [2.24, 2.45) is 0 Å². The number of carbonyl (C=O) groups is 1. The fourth-order valence-corrected chi connectivity index (χ4v) is 2.38. The van der Waals surface area contributed by atoms with Gasteiger partial charge in [-0.15, -0.1) is 12.4 Å². The van der Waals surface area contributed by atoms with Gasteiger partial charge in [-0.2, -0.15) is 0 Å². The van der Waals surface area contributed by atoms with Crippen LogP contribution in [0, 0.1) is 6.92 Å². The minimum atomic E-state index is -0.398. The second-order valence-corrected chi connectivity index (χ2v) is 5.13. The molecule has 1 fully saturated rings. The number of hydrogen-bond donors (Lipinski definition) is 2. The van der Waals surface area contributed by atoms with Crippen LogP contribution in [0.15, 0.2) is 22.6 Å². The van der Waals surface area contributed by atoms with E-state index in [1.807, 2.05) is 25.1 Å². The van der Waals surface area contributed by atoms with Gasteiger partial charge in [-0.05, 0) is 18.6 Å². The van der Waals surface area contributed by atoms with Gasteiger partial charge in [0.25, 0.3) is 0 Å². The van der Waals surface area contributed by atoms with Crippen LogP contribution >= 0.6 is 12.4 Å². The van der Waals surface area contributed by atoms with Crippen molar-refractivity contribution >= 4 is 29.4 Å². The Morgan fingerprint density at radius 1 is 1.50 bits per heavy atom. The first-order valence-corrected chi connectivity index (χ1v) is 7.19. The van der Waals surface area contributed by atoms with Gasteiger partial charge in [0.05, 0.1) is 6.61 Å². The van der Waals surface area contributed by atoms with Crippen molar-refractivity contribution in [3.63, 3.8) is 0 Å². The maximum atomic E-state index is 11.9. The summed E-state index contributed by atoms with van der Waals surface area (Å²) in [5.74, 6) is 0.553. The van der Waals surface area contributed by atoms with Gasteiger partial charge in [0.2, 0.25) is 5.91 Å². The van der Waals surface area contributed by atoms with E-state index < -0.39 is 6.10 Å². The van der Waals surface area contributed by atoms with Gasteiger partial charge in [0, 0.05) is 26.1 Å². The van der Waals surface area contributed by atoms with Gasteiger partial charge >= 0.3 is 0 Å². The Balaban J connectivity index is 0.00000176. The van der Waals surface area contributed by atoms with Crippen molar-refractivity contribution in [2.45, 2.75) is 19.4 Å². The Bertz CT molecular complexity index is 638. The molecule has 1 aromatic carbocycles. The lowest BCUT2D eigenvalue weighted by Gasteiger charge is -2.22. The number of para-hydroxylation sites is 1. The largest absolute Gasteiger partial charge is 0.441 e. The highest BCUT2D eigenvalue weighted by molar-refractivity contribution is 5.85. The molecule has 0 spiro atoms. The van der Waals surface area contributed by atoms with Crippen LogP contribution in [0.3, 0.4) is 0 Å². The Labute approximate surface area is 135 Å². The lowest BCUT2D eigenvalue weighted by Crippen LogP contribution is -2.48. The molecule has 6 nitrogen and oxygen atoms in total. The van der Waals surface area contributed by atoms with E-state index in [9.17, 15) is 4.79 Å². The van der Waals surface area contributed by atoms with Crippen molar-refractivity contribution in [3.8, 4) is 0 Å². The number of nitrogens with one attached hydrogen (secondary N) is 2. The van der Waals surface area contributed by atoms with Crippen molar-refractivity contribution < 1.29 is 13.9 Å². The molecule has 1 aromatic heterocycles. The number of hydrogen-bond acceptors (Lipinski definition) is 5. The minimum Gasteiger partial charge on any atom is -0.441 e. The summed E-state index contributed by atoms with van der Waals surface area (Å²) < 4.78 is 11.1. The highest BCUT2D eigenvalue weighted by Gasteiger charge is 2.21. The number of rotatable bonds is 4. The predicted octanol–water partition coefficient (Wildman–Crippen LogP) is 1.21. The number of amides is 1. The molecule has 0 bridgehead atoms. The van der Waals surface area contributed by atoms with E-state index in [0.29, 0.717) is 32.0 Å². The van der Waals surface area contributed by atoms with Crippen LogP contribution in [-0.2, 0) is 16.0 Å². The average molecular weight is 326 g/mol. The van der Waals surface area contributed by atoms with Crippen molar-refractivity contribution in [3.05, 3.63) is 29.7 Å². The normalized spacial score (nSPS) is 18.0. The molecule has 0 radical (unpaired) electrons. The molecule has 1 aliphatic heterocycles. The number of oxazole rings is 1.